The molecule has 1 amide bonds. The summed E-state index contributed by atoms with van der Waals surface area (Å²) in [6, 6.07) is 7.16. The lowest BCUT2D eigenvalue weighted by atomic mass is 9.79. The van der Waals surface area contributed by atoms with Crippen molar-refractivity contribution in [2.45, 2.75) is 38.8 Å². The van der Waals surface area contributed by atoms with E-state index in [4.69, 9.17) is 25.5 Å². The molecule has 2 atom stereocenters. The van der Waals surface area contributed by atoms with Gasteiger partial charge in [-0.1, -0.05) is 11.6 Å². The zero-order chi connectivity index (χ0) is 20.7. The van der Waals surface area contributed by atoms with E-state index in [1.165, 1.54) is 5.01 Å². The third-order valence-electron chi connectivity index (χ3n) is 5.65. The molecule has 8 heteroatoms. The van der Waals surface area contributed by atoms with E-state index < -0.39 is 0 Å². The smallest absolute Gasteiger partial charge is 0.296 e. The molecule has 5 rings (SSSR count). The van der Waals surface area contributed by atoms with Gasteiger partial charge in [0.25, 0.3) is 5.91 Å². The van der Waals surface area contributed by atoms with Gasteiger partial charge in [-0.05, 0) is 62.1 Å². The maximum absolute atomic E-state index is 13.4. The summed E-state index contributed by atoms with van der Waals surface area (Å²) in [6.45, 7) is 2.57. The molecule has 0 bridgehead atoms. The van der Waals surface area contributed by atoms with E-state index in [9.17, 15) is 4.79 Å². The second-order valence-electron chi connectivity index (χ2n) is 7.46. The van der Waals surface area contributed by atoms with Crippen LogP contribution in [0.3, 0.4) is 0 Å². The fourth-order valence-corrected chi connectivity index (χ4v) is 4.49. The van der Waals surface area contributed by atoms with Crippen molar-refractivity contribution < 1.29 is 13.6 Å². The summed E-state index contributed by atoms with van der Waals surface area (Å²) in [5, 5.41) is 10.9. The van der Waals surface area contributed by atoms with E-state index >= 15 is 0 Å². The van der Waals surface area contributed by atoms with Crippen molar-refractivity contribution in [2.75, 3.05) is 0 Å². The van der Waals surface area contributed by atoms with Crippen LogP contribution in [0, 0.1) is 5.92 Å². The van der Waals surface area contributed by atoms with E-state index in [2.05, 4.69) is 5.10 Å². The molecule has 154 valence electrons. The van der Waals surface area contributed by atoms with Crippen molar-refractivity contribution >= 4 is 29.3 Å². The summed E-state index contributed by atoms with van der Waals surface area (Å²) in [4.78, 5) is 13.4. The van der Waals surface area contributed by atoms with Gasteiger partial charge in [-0.25, -0.2) is 5.01 Å². The van der Waals surface area contributed by atoms with Crippen LogP contribution in [0.1, 0.15) is 54.2 Å². The Morgan fingerprint density at radius 1 is 1.30 bits per heavy atom. The highest BCUT2D eigenvalue weighted by Crippen LogP contribution is 2.45. The maximum atomic E-state index is 13.4. The first-order valence-electron chi connectivity index (χ1n) is 10.1. The number of rotatable bonds is 4. The number of aromatic nitrogens is 2. The summed E-state index contributed by atoms with van der Waals surface area (Å²) < 4.78 is 12.9. The Balaban J connectivity index is 1.57. The molecular formula is C22H21ClN4O3. The molecule has 1 saturated carbocycles. The average Bonchev–Trinajstić information content (AvgIpc) is 3.53. The number of allylic oxidation sites excluding steroid dienone is 1. The summed E-state index contributed by atoms with van der Waals surface area (Å²) >= 11 is 6.32. The number of amides is 1. The van der Waals surface area contributed by atoms with E-state index in [1.807, 2.05) is 37.3 Å². The molecule has 2 aliphatic rings. The third kappa shape index (κ3) is 3.19. The topological polar surface area (TPSA) is 76.8 Å². The molecule has 0 spiro atoms. The maximum Gasteiger partial charge on any atom is 0.296 e. The van der Waals surface area contributed by atoms with Crippen LogP contribution in [-0.4, -0.2) is 26.4 Å². The fraction of sp³-hybridized carbons (Fsp3) is 0.318. The Morgan fingerprint density at radius 2 is 2.13 bits per heavy atom. The van der Waals surface area contributed by atoms with Gasteiger partial charge in [-0.3, -0.25) is 9.48 Å². The Morgan fingerprint density at radius 3 is 2.83 bits per heavy atom. The number of aryl methyl sites for hydroxylation is 1. The Hall–Kier alpha value is -3.06. The van der Waals surface area contributed by atoms with Crippen LogP contribution < -0.4 is 0 Å². The zero-order valence-corrected chi connectivity index (χ0v) is 17.2. The first-order valence-corrected chi connectivity index (χ1v) is 10.5. The van der Waals surface area contributed by atoms with Gasteiger partial charge in [0.2, 0.25) is 0 Å². The second kappa shape index (κ2) is 7.65. The van der Waals surface area contributed by atoms with E-state index in [0.29, 0.717) is 17.3 Å². The van der Waals surface area contributed by atoms with Gasteiger partial charge in [0.05, 0.1) is 23.3 Å². The van der Waals surface area contributed by atoms with Gasteiger partial charge < -0.3 is 8.83 Å². The van der Waals surface area contributed by atoms with Crippen LogP contribution in [0.4, 0.5) is 0 Å². The minimum Gasteiger partial charge on any atom is -0.467 e. The van der Waals surface area contributed by atoms with Crippen LogP contribution in [0.15, 0.2) is 62.5 Å². The summed E-state index contributed by atoms with van der Waals surface area (Å²) in [7, 11) is 0. The molecule has 1 aliphatic heterocycles. The number of hydrogen-bond donors (Lipinski definition) is 0. The zero-order valence-electron chi connectivity index (χ0n) is 16.5. The van der Waals surface area contributed by atoms with E-state index in [-0.39, 0.29) is 23.6 Å². The fourth-order valence-electron chi connectivity index (χ4n) is 4.26. The number of nitrogens with zero attached hydrogens (tertiary/aromatic N) is 4. The van der Waals surface area contributed by atoms with Crippen LogP contribution in [-0.2, 0) is 6.54 Å². The lowest BCUT2D eigenvalue weighted by molar-refractivity contribution is 0.0649. The van der Waals surface area contributed by atoms with Crippen molar-refractivity contribution in [3.05, 3.63) is 70.8 Å². The van der Waals surface area contributed by atoms with Crippen molar-refractivity contribution in [3.8, 4) is 0 Å². The van der Waals surface area contributed by atoms with E-state index in [1.54, 1.807) is 23.4 Å². The van der Waals surface area contributed by atoms with E-state index in [0.717, 1.165) is 36.3 Å². The van der Waals surface area contributed by atoms with Crippen LogP contribution in [0.5, 0.6) is 0 Å². The van der Waals surface area contributed by atoms with Gasteiger partial charge in [0, 0.05) is 18.7 Å². The summed E-state index contributed by atoms with van der Waals surface area (Å²) in [5.41, 5.74) is 2.19. The molecule has 4 heterocycles. The Kier molecular flexibility index (Phi) is 4.83. The molecule has 0 radical (unpaired) electrons. The normalized spacial score (nSPS) is 22.4. The van der Waals surface area contributed by atoms with Crippen molar-refractivity contribution in [2.24, 2.45) is 11.0 Å². The van der Waals surface area contributed by atoms with Gasteiger partial charge in [0.1, 0.15) is 17.6 Å². The molecule has 0 N–H and O–H groups in total. The monoisotopic (exact) mass is 424 g/mol. The minimum absolute atomic E-state index is 0.0436. The predicted molar refractivity (Wildman–Crippen MR) is 112 cm³/mol. The number of hydrazone groups is 1. The number of carbonyl (C=O) groups is 1. The first kappa shape index (κ1) is 18.9. The van der Waals surface area contributed by atoms with Gasteiger partial charge in [0.15, 0.2) is 5.69 Å². The molecule has 0 saturated heterocycles. The highest BCUT2D eigenvalue weighted by Gasteiger charge is 2.46. The first-order chi connectivity index (χ1) is 14.7. The lowest BCUT2D eigenvalue weighted by Gasteiger charge is -2.27. The third-order valence-corrected chi connectivity index (χ3v) is 5.92. The number of furan rings is 2. The van der Waals surface area contributed by atoms with Crippen molar-refractivity contribution in [1.82, 2.24) is 14.8 Å². The molecule has 2 unspecified atom stereocenters. The molecule has 0 aromatic carbocycles. The van der Waals surface area contributed by atoms with Gasteiger partial charge >= 0.3 is 0 Å². The molecule has 7 nitrogen and oxygen atoms in total. The molecule has 1 fully saturated rings. The van der Waals surface area contributed by atoms with Gasteiger partial charge in [-0.2, -0.15) is 10.2 Å². The predicted octanol–water partition coefficient (Wildman–Crippen LogP) is 5.18. The molecule has 3 aromatic heterocycles. The molecular weight excluding hydrogens is 404 g/mol. The number of halogens is 1. The molecule has 1 aliphatic carbocycles. The lowest BCUT2D eigenvalue weighted by Crippen LogP contribution is -2.32. The van der Waals surface area contributed by atoms with Crippen molar-refractivity contribution in [1.29, 1.82) is 0 Å². The largest absolute Gasteiger partial charge is 0.467 e. The van der Waals surface area contributed by atoms with Gasteiger partial charge in [-0.15, -0.1) is 0 Å². The molecule has 3 aromatic rings. The summed E-state index contributed by atoms with van der Waals surface area (Å²) in [5.74, 6) is 1.20. The Labute approximate surface area is 178 Å². The quantitative estimate of drug-likeness (QED) is 0.578. The van der Waals surface area contributed by atoms with Crippen LogP contribution in [0.25, 0.3) is 6.08 Å². The Bertz CT molecular complexity index is 1110. The van der Waals surface area contributed by atoms with Crippen LogP contribution >= 0.6 is 11.6 Å². The highest BCUT2D eigenvalue weighted by atomic mass is 35.5. The SMILES string of the molecule is CCn1cc(Cl)c(C(=O)N2N=C3C(=Cc4ccco4)CCCC3C2c2ccco2)n1. The highest BCUT2D eigenvalue weighted by molar-refractivity contribution is 6.33. The number of fused-ring (bicyclic) bond motifs is 1. The number of carbonyl (C=O) groups excluding carboxylic acids is 1. The standard InChI is InChI=1S/C22H21ClN4O3/c1-2-26-13-17(23)20(24-26)22(28)27-21(18-9-5-11-30-18)16-8-3-6-14(19(16)25-27)12-15-7-4-10-29-15/h4-5,7,9-13,16,21H,2-3,6,8H2,1H3. The summed E-state index contributed by atoms with van der Waals surface area (Å²) in [6.07, 6.45) is 9.75. The van der Waals surface area contributed by atoms with Crippen molar-refractivity contribution in [3.63, 3.8) is 0 Å². The molecule has 30 heavy (non-hydrogen) atoms. The van der Waals surface area contributed by atoms with Crippen LogP contribution in [0.2, 0.25) is 5.02 Å². The average molecular weight is 425 g/mol. The minimum atomic E-state index is -0.328. The number of hydrogen-bond acceptors (Lipinski definition) is 5. The second-order valence-corrected chi connectivity index (χ2v) is 7.87.